The molecule has 0 aliphatic heterocycles. The smallest absolute Gasteiger partial charge is 0.160 e. The molecule has 3 aromatic carbocycles. The molecule has 0 bridgehead atoms. The van der Waals surface area contributed by atoms with Crippen molar-refractivity contribution in [2.24, 2.45) is 0 Å². The van der Waals surface area contributed by atoms with Gasteiger partial charge in [-0.05, 0) is 23.8 Å². The number of nitrogens with zero attached hydrogens (tertiary/aromatic N) is 2. The molecule has 0 atom stereocenters. The van der Waals surface area contributed by atoms with Crippen LogP contribution in [0, 0.1) is 0 Å². The largest absolute Gasteiger partial charge is 0.228 e. The van der Waals surface area contributed by atoms with Crippen LogP contribution in [0.2, 0.25) is 0 Å². The third kappa shape index (κ3) is 3.14. The minimum atomic E-state index is 0.171. The average Bonchev–Trinajstić information content (AvgIpc) is 2.70. The van der Waals surface area contributed by atoms with E-state index in [1.807, 2.05) is 48.5 Å². The molecule has 120 valence electrons. The van der Waals surface area contributed by atoms with E-state index in [-0.39, 0.29) is 27.3 Å². The van der Waals surface area contributed by atoms with Crippen LogP contribution >= 0.6 is 15.9 Å². The Bertz CT molecular complexity index is 1210. The highest BCUT2D eigenvalue weighted by Crippen LogP contribution is 2.28. The molecule has 10 radical (unpaired) electrons. The SMILES string of the molecule is [B]c1c([B])c([B])c(-c2nc(-c3cccc(Br)c3)nc3ccccc23)c([B])c1[B]. The summed E-state index contributed by atoms with van der Waals surface area (Å²) in [6, 6.07) is 15.3. The minimum Gasteiger partial charge on any atom is -0.228 e. The Kier molecular flexibility index (Phi) is 5.01. The highest BCUT2D eigenvalue weighted by atomic mass is 79.9. The van der Waals surface area contributed by atoms with Crippen molar-refractivity contribution in [3.8, 4) is 22.6 Å². The first-order valence-electron chi connectivity index (χ1n) is 8.43. The number of fused-ring (bicyclic) bond motifs is 1. The molecule has 0 fully saturated rings. The van der Waals surface area contributed by atoms with E-state index in [1.165, 1.54) is 0 Å². The molecule has 0 saturated carbocycles. The fourth-order valence-corrected chi connectivity index (χ4v) is 3.53. The molecule has 0 unspecified atom stereocenters. The summed E-state index contributed by atoms with van der Waals surface area (Å²) in [7, 11) is 30.6. The van der Waals surface area contributed by atoms with E-state index in [0.717, 1.165) is 20.9 Å². The monoisotopic (exact) mass is 410 g/mol. The highest BCUT2D eigenvalue weighted by Gasteiger charge is 2.17. The van der Waals surface area contributed by atoms with Crippen LogP contribution in [0.1, 0.15) is 0 Å². The van der Waals surface area contributed by atoms with Crippen LogP contribution in [0.25, 0.3) is 33.5 Å². The zero-order valence-corrected chi connectivity index (χ0v) is 16.4. The van der Waals surface area contributed by atoms with Gasteiger partial charge in [0.15, 0.2) is 5.82 Å². The Morgan fingerprint density at radius 1 is 0.679 bits per heavy atom. The van der Waals surface area contributed by atoms with Crippen LogP contribution in [0.4, 0.5) is 0 Å². The predicted octanol–water partition coefficient (Wildman–Crippen LogP) is -0.305. The first-order valence-corrected chi connectivity index (χ1v) is 9.22. The van der Waals surface area contributed by atoms with Crippen molar-refractivity contribution in [3.63, 3.8) is 0 Å². The lowest BCUT2D eigenvalue weighted by atomic mass is 9.60. The van der Waals surface area contributed by atoms with Crippen molar-refractivity contribution in [1.29, 1.82) is 0 Å². The Morgan fingerprint density at radius 3 is 2.00 bits per heavy atom. The normalized spacial score (nSPS) is 11.0. The standard InChI is InChI=1S/C20H8B5BrN2/c21-14-13(15(22)17(24)18(25)16(14)23)19-11-6-1-2-7-12(11)27-20(28-19)9-4-3-5-10(26)8-9/h1-8H. The molecule has 1 aromatic heterocycles. The minimum absolute atomic E-state index is 0.171. The van der Waals surface area contributed by atoms with Crippen LogP contribution < -0.4 is 27.3 Å². The first kappa shape index (κ1) is 19.1. The van der Waals surface area contributed by atoms with Gasteiger partial charge in [0.1, 0.15) is 39.2 Å². The molecule has 1 heterocycles. The van der Waals surface area contributed by atoms with Crippen LogP contribution in [0.3, 0.4) is 0 Å². The van der Waals surface area contributed by atoms with Gasteiger partial charge in [-0.15, -0.1) is 16.4 Å². The van der Waals surface area contributed by atoms with E-state index >= 15 is 0 Å². The number of rotatable bonds is 2. The number of hydrogen-bond donors (Lipinski definition) is 0. The number of para-hydroxylation sites is 1. The Labute approximate surface area is 178 Å². The molecule has 2 nitrogen and oxygen atoms in total. The highest BCUT2D eigenvalue weighted by molar-refractivity contribution is 9.10. The number of halogens is 1. The predicted molar refractivity (Wildman–Crippen MR) is 125 cm³/mol. The molecule has 0 N–H and O–H groups in total. The van der Waals surface area contributed by atoms with E-state index in [1.54, 1.807) is 0 Å². The second-order valence-corrected chi connectivity index (χ2v) is 7.28. The van der Waals surface area contributed by atoms with Crippen LogP contribution in [-0.4, -0.2) is 49.2 Å². The van der Waals surface area contributed by atoms with Crippen LogP contribution in [-0.2, 0) is 0 Å². The summed E-state index contributed by atoms with van der Waals surface area (Å²) in [4.78, 5) is 9.47. The van der Waals surface area contributed by atoms with Gasteiger partial charge in [0.05, 0.1) is 11.2 Å². The topological polar surface area (TPSA) is 25.8 Å². The van der Waals surface area contributed by atoms with Crippen molar-refractivity contribution in [2.75, 3.05) is 0 Å². The van der Waals surface area contributed by atoms with Crippen molar-refractivity contribution < 1.29 is 0 Å². The maximum atomic E-state index is 6.28. The number of benzene rings is 3. The van der Waals surface area contributed by atoms with Gasteiger partial charge < -0.3 is 0 Å². The number of hydrogen-bond acceptors (Lipinski definition) is 2. The molecule has 4 aromatic rings. The van der Waals surface area contributed by atoms with E-state index in [2.05, 4.69) is 15.9 Å². The van der Waals surface area contributed by atoms with Gasteiger partial charge in [0.2, 0.25) is 0 Å². The summed E-state index contributed by atoms with van der Waals surface area (Å²) in [5.74, 6) is 0.530. The average molecular weight is 410 g/mol. The second-order valence-electron chi connectivity index (χ2n) is 6.37. The molecule has 4 rings (SSSR count). The van der Waals surface area contributed by atoms with E-state index in [9.17, 15) is 0 Å². The van der Waals surface area contributed by atoms with Crippen molar-refractivity contribution >= 4 is 93.4 Å². The lowest BCUT2D eigenvalue weighted by Gasteiger charge is -2.22. The Hall–Kier alpha value is -2.20. The molecule has 8 heteroatoms. The zero-order chi connectivity index (χ0) is 20.0. The molecule has 0 amide bonds. The van der Waals surface area contributed by atoms with Gasteiger partial charge in [-0.3, -0.25) is 0 Å². The summed E-state index contributed by atoms with van der Waals surface area (Å²) in [5, 5.41) is 0.781. The van der Waals surface area contributed by atoms with Crippen LogP contribution in [0.5, 0.6) is 0 Å². The van der Waals surface area contributed by atoms with E-state index in [4.69, 9.17) is 49.2 Å². The first-order chi connectivity index (χ1) is 13.4. The molecule has 0 aliphatic rings. The summed E-state index contributed by atoms with van der Waals surface area (Å²) in [5.41, 5.74) is 3.63. The fraction of sp³-hybridized carbons (Fsp3) is 0. The van der Waals surface area contributed by atoms with Crippen molar-refractivity contribution in [2.45, 2.75) is 0 Å². The molecule has 0 spiro atoms. The van der Waals surface area contributed by atoms with E-state index in [0.29, 0.717) is 17.1 Å². The van der Waals surface area contributed by atoms with Crippen molar-refractivity contribution in [1.82, 2.24) is 9.97 Å². The summed E-state index contributed by atoms with van der Waals surface area (Å²) in [6.45, 7) is 0. The van der Waals surface area contributed by atoms with Gasteiger partial charge in [0.25, 0.3) is 0 Å². The molecular formula is C20H8B5BrN2. The molecule has 28 heavy (non-hydrogen) atoms. The molecule has 0 aliphatic carbocycles. The van der Waals surface area contributed by atoms with Gasteiger partial charge in [0, 0.05) is 15.4 Å². The van der Waals surface area contributed by atoms with Gasteiger partial charge in [-0.2, -0.15) is 0 Å². The quantitative estimate of drug-likeness (QED) is 0.424. The van der Waals surface area contributed by atoms with E-state index < -0.39 is 0 Å². The van der Waals surface area contributed by atoms with Gasteiger partial charge >= 0.3 is 0 Å². The summed E-state index contributed by atoms with van der Waals surface area (Å²) in [6.07, 6.45) is 0. The van der Waals surface area contributed by atoms with Gasteiger partial charge in [-0.1, -0.05) is 57.2 Å². The Balaban J connectivity index is 2.11. The third-order valence-corrected chi connectivity index (χ3v) is 5.12. The second kappa shape index (κ2) is 7.33. The van der Waals surface area contributed by atoms with Gasteiger partial charge in [-0.25, -0.2) is 9.97 Å². The molecule has 0 saturated heterocycles. The fourth-order valence-electron chi connectivity index (χ4n) is 3.13. The summed E-state index contributed by atoms with van der Waals surface area (Å²) < 4.78 is 0.920. The Morgan fingerprint density at radius 2 is 1.32 bits per heavy atom. The van der Waals surface area contributed by atoms with Crippen molar-refractivity contribution in [3.05, 3.63) is 53.0 Å². The molecular weight excluding hydrogens is 402 g/mol. The summed E-state index contributed by atoms with van der Waals surface area (Å²) >= 11 is 3.48. The number of aromatic nitrogens is 2. The maximum absolute atomic E-state index is 6.28. The maximum Gasteiger partial charge on any atom is 0.160 e. The van der Waals surface area contributed by atoms with Crippen LogP contribution in [0.15, 0.2) is 53.0 Å². The lowest BCUT2D eigenvalue weighted by molar-refractivity contribution is 1.23. The zero-order valence-electron chi connectivity index (χ0n) is 14.8. The lowest BCUT2D eigenvalue weighted by Crippen LogP contribution is -2.55. The third-order valence-electron chi connectivity index (χ3n) is 4.62.